The van der Waals surface area contributed by atoms with Crippen molar-refractivity contribution in [1.82, 2.24) is 5.16 Å². The van der Waals surface area contributed by atoms with Gasteiger partial charge in [0, 0.05) is 16.7 Å². The first-order valence-corrected chi connectivity index (χ1v) is 7.66. The summed E-state index contributed by atoms with van der Waals surface area (Å²) in [6.45, 7) is 0. The minimum absolute atomic E-state index is 0.177. The summed E-state index contributed by atoms with van der Waals surface area (Å²) in [7, 11) is 0. The summed E-state index contributed by atoms with van der Waals surface area (Å²) in [5.41, 5.74) is 1.50. The van der Waals surface area contributed by atoms with E-state index in [2.05, 4.69) is 10.5 Å². The van der Waals surface area contributed by atoms with Crippen LogP contribution in [0.1, 0.15) is 10.4 Å². The highest BCUT2D eigenvalue weighted by Crippen LogP contribution is 2.27. The molecule has 0 saturated heterocycles. The number of benzene rings is 2. The van der Waals surface area contributed by atoms with Crippen molar-refractivity contribution in [3.63, 3.8) is 0 Å². The number of hydrogen-bond donors (Lipinski definition) is 1. The van der Waals surface area contributed by atoms with Crippen LogP contribution in [0.3, 0.4) is 0 Å². The van der Waals surface area contributed by atoms with Crippen LogP contribution in [-0.2, 0) is 0 Å². The van der Waals surface area contributed by atoms with Crippen molar-refractivity contribution < 1.29 is 9.32 Å². The Hall–Kier alpha value is -2.01. The molecule has 0 bridgehead atoms. The second-order valence-corrected chi connectivity index (χ2v) is 5.89. The third-order valence-electron chi connectivity index (χ3n) is 3.06. The smallest absolute Gasteiger partial charge is 0.261 e. The number of nitrogens with one attached hydrogen (secondary N) is 1. The summed E-state index contributed by atoms with van der Waals surface area (Å²) in [6, 6.07) is 13.6. The molecule has 1 heterocycles. The van der Waals surface area contributed by atoms with Gasteiger partial charge < -0.3 is 4.52 Å². The van der Waals surface area contributed by atoms with Crippen molar-refractivity contribution >= 4 is 46.6 Å². The Morgan fingerprint density at radius 3 is 2.39 bits per heavy atom. The zero-order valence-electron chi connectivity index (χ0n) is 11.5. The zero-order chi connectivity index (χ0) is 16.4. The van der Waals surface area contributed by atoms with Crippen molar-refractivity contribution in [2.45, 2.75) is 0 Å². The fourth-order valence-corrected chi connectivity index (χ4v) is 2.77. The highest BCUT2D eigenvalue weighted by atomic mass is 35.5. The van der Waals surface area contributed by atoms with Crippen LogP contribution in [0.5, 0.6) is 0 Å². The lowest BCUT2D eigenvalue weighted by Gasteiger charge is -2.05. The standard InChI is InChI=1S/C16H9Cl3N2O2/c17-10-4-1-3-9(7-10)13-8-14(23-21-13)20-16(22)15-11(18)5-2-6-12(15)19/h1-8H,(H,20,22). The van der Waals surface area contributed by atoms with E-state index in [-0.39, 0.29) is 21.5 Å². The Balaban J connectivity index is 1.83. The first-order chi connectivity index (χ1) is 11.0. The molecule has 0 atom stereocenters. The minimum Gasteiger partial charge on any atom is -0.338 e. The summed E-state index contributed by atoms with van der Waals surface area (Å²) in [6.07, 6.45) is 0. The van der Waals surface area contributed by atoms with Gasteiger partial charge in [0.2, 0.25) is 5.88 Å². The molecule has 116 valence electrons. The normalized spacial score (nSPS) is 10.6. The highest BCUT2D eigenvalue weighted by Gasteiger charge is 2.17. The van der Waals surface area contributed by atoms with Gasteiger partial charge >= 0.3 is 0 Å². The fraction of sp³-hybridized carbons (Fsp3) is 0. The molecule has 0 unspecified atom stereocenters. The molecular weight excluding hydrogens is 359 g/mol. The van der Waals surface area contributed by atoms with Gasteiger partial charge in [0.1, 0.15) is 5.69 Å². The van der Waals surface area contributed by atoms with Crippen molar-refractivity contribution in [2.75, 3.05) is 5.32 Å². The van der Waals surface area contributed by atoms with Crippen LogP contribution >= 0.6 is 34.8 Å². The van der Waals surface area contributed by atoms with Gasteiger partial charge in [-0.2, -0.15) is 0 Å². The summed E-state index contributed by atoms with van der Waals surface area (Å²) < 4.78 is 5.12. The van der Waals surface area contributed by atoms with E-state index in [1.54, 1.807) is 42.5 Å². The van der Waals surface area contributed by atoms with E-state index >= 15 is 0 Å². The molecule has 0 saturated carbocycles. The van der Waals surface area contributed by atoms with Gasteiger partial charge in [0.25, 0.3) is 5.91 Å². The predicted octanol–water partition coefficient (Wildman–Crippen LogP) is 5.55. The van der Waals surface area contributed by atoms with Crippen molar-refractivity contribution in [3.8, 4) is 11.3 Å². The Bertz CT molecular complexity index is 857. The van der Waals surface area contributed by atoms with E-state index in [0.29, 0.717) is 10.7 Å². The topological polar surface area (TPSA) is 55.1 Å². The van der Waals surface area contributed by atoms with E-state index in [9.17, 15) is 4.79 Å². The second kappa shape index (κ2) is 6.62. The third kappa shape index (κ3) is 3.50. The second-order valence-electron chi connectivity index (χ2n) is 4.64. The van der Waals surface area contributed by atoms with E-state index in [1.165, 1.54) is 0 Å². The van der Waals surface area contributed by atoms with Gasteiger partial charge in [-0.25, -0.2) is 0 Å². The number of amides is 1. The predicted molar refractivity (Wildman–Crippen MR) is 91.4 cm³/mol. The number of carbonyl (C=O) groups excluding carboxylic acids is 1. The van der Waals surface area contributed by atoms with Crippen LogP contribution in [0, 0.1) is 0 Å². The molecule has 1 aromatic heterocycles. The molecule has 0 aliphatic heterocycles. The maximum Gasteiger partial charge on any atom is 0.261 e. The lowest BCUT2D eigenvalue weighted by atomic mass is 10.1. The Morgan fingerprint density at radius 1 is 1.00 bits per heavy atom. The van der Waals surface area contributed by atoms with Crippen LogP contribution in [0.25, 0.3) is 11.3 Å². The Labute approximate surface area is 146 Å². The van der Waals surface area contributed by atoms with Crippen LogP contribution in [0.4, 0.5) is 5.88 Å². The average Bonchev–Trinajstić information content (AvgIpc) is 2.95. The molecule has 7 heteroatoms. The van der Waals surface area contributed by atoms with Crippen LogP contribution < -0.4 is 5.32 Å². The van der Waals surface area contributed by atoms with Gasteiger partial charge in [-0.15, -0.1) is 0 Å². The van der Waals surface area contributed by atoms with E-state index in [1.807, 2.05) is 6.07 Å². The minimum atomic E-state index is -0.477. The summed E-state index contributed by atoms with van der Waals surface area (Å²) in [5.74, 6) is -0.296. The monoisotopic (exact) mass is 366 g/mol. The van der Waals surface area contributed by atoms with E-state index in [0.717, 1.165) is 5.56 Å². The maximum absolute atomic E-state index is 12.3. The molecule has 3 aromatic rings. The summed E-state index contributed by atoms with van der Waals surface area (Å²) in [4.78, 5) is 12.3. The number of anilines is 1. The quantitative estimate of drug-likeness (QED) is 0.660. The van der Waals surface area contributed by atoms with Gasteiger partial charge in [-0.05, 0) is 24.3 Å². The summed E-state index contributed by atoms with van der Waals surface area (Å²) in [5, 5.41) is 7.57. The van der Waals surface area contributed by atoms with Gasteiger partial charge in [0.15, 0.2) is 0 Å². The number of aromatic nitrogens is 1. The van der Waals surface area contributed by atoms with Crippen LogP contribution in [0.2, 0.25) is 15.1 Å². The lowest BCUT2D eigenvalue weighted by molar-refractivity contribution is 0.102. The Morgan fingerprint density at radius 2 is 1.70 bits per heavy atom. The maximum atomic E-state index is 12.3. The molecule has 1 amide bonds. The number of nitrogens with zero attached hydrogens (tertiary/aromatic N) is 1. The van der Waals surface area contributed by atoms with Crippen molar-refractivity contribution in [3.05, 3.63) is 69.2 Å². The number of rotatable bonds is 3. The first kappa shape index (κ1) is 15.9. The zero-order valence-corrected chi connectivity index (χ0v) is 13.8. The van der Waals surface area contributed by atoms with Crippen molar-refractivity contribution in [1.29, 1.82) is 0 Å². The van der Waals surface area contributed by atoms with Gasteiger partial charge in [-0.1, -0.05) is 58.2 Å². The summed E-state index contributed by atoms with van der Waals surface area (Å²) >= 11 is 17.9. The fourth-order valence-electron chi connectivity index (χ4n) is 2.01. The molecule has 2 aromatic carbocycles. The SMILES string of the molecule is O=C(Nc1cc(-c2cccc(Cl)c2)no1)c1c(Cl)cccc1Cl. The van der Waals surface area contributed by atoms with Gasteiger partial charge in [0.05, 0.1) is 15.6 Å². The molecule has 4 nitrogen and oxygen atoms in total. The average molecular weight is 368 g/mol. The molecule has 1 N–H and O–H groups in total. The molecule has 0 fully saturated rings. The van der Waals surface area contributed by atoms with Gasteiger partial charge in [-0.3, -0.25) is 10.1 Å². The number of carbonyl (C=O) groups is 1. The molecule has 0 radical (unpaired) electrons. The molecule has 23 heavy (non-hydrogen) atoms. The lowest BCUT2D eigenvalue weighted by Crippen LogP contribution is -2.12. The molecular formula is C16H9Cl3N2O2. The number of halogens is 3. The first-order valence-electron chi connectivity index (χ1n) is 6.52. The number of hydrogen-bond acceptors (Lipinski definition) is 3. The molecule has 3 rings (SSSR count). The molecule has 0 aliphatic carbocycles. The largest absolute Gasteiger partial charge is 0.338 e. The van der Waals surface area contributed by atoms with E-state index in [4.69, 9.17) is 39.3 Å². The molecule has 0 spiro atoms. The van der Waals surface area contributed by atoms with Crippen LogP contribution in [-0.4, -0.2) is 11.1 Å². The van der Waals surface area contributed by atoms with Crippen molar-refractivity contribution in [2.24, 2.45) is 0 Å². The highest BCUT2D eigenvalue weighted by molar-refractivity contribution is 6.40. The van der Waals surface area contributed by atoms with Crippen LogP contribution in [0.15, 0.2) is 53.1 Å². The third-order valence-corrected chi connectivity index (χ3v) is 3.92. The Kier molecular flexibility index (Phi) is 4.57. The molecule has 0 aliphatic rings. The van der Waals surface area contributed by atoms with E-state index < -0.39 is 5.91 Å².